The number of alkyl halides is 2. The Morgan fingerprint density at radius 2 is 1.95 bits per heavy atom. The van der Waals surface area contributed by atoms with Gasteiger partial charge in [-0.15, -0.1) is 0 Å². The number of nitrogens with two attached hydrogens (primary N) is 1. The maximum Gasteiger partial charge on any atom is 0.312 e. The van der Waals surface area contributed by atoms with Crippen molar-refractivity contribution in [1.82, 2.24) is 10.2 Å². The van der Waals surface area contributed by atoms with Gasteiger partial charge in [-0.3, -0.25) is 4.79 Å². The van der Waals surface area contributed by atoms with Crippen LogP contribution in [0.25, 0.3) is 0 Å². The van der Waals surface area contributed by atoms with E-state index < -0.39 is 37.6 Å². The third kappa shape index (κ3) is 7.55. The molecule has 3 amide bonds. The summed E-state index contributed by atoms with van der Waals surface area (Å²) in [7, 11) is 0. The van der Waals surface area contributed by atoms with Crippen LogP contribution in [0.2, 0.25) is 0 Å². The van der Waals surface area contributed by atoms with Crippen LogP contribution in [0.1, 0.15) is 20.3 Å². The van der Waals surface area contributed by atoms with Crippen molar-refractivity contribution < 1.29 is 23.5 Å². The fourth-order valence-corrected chi connectivity index (χ4v) is 1.66. The molecule has 0 radical (unpaired) electrons. The molecule has 19 heavy (non-hydrogen) atoms. The highest BCUT2D eigenvalue weighted by molar-refractivity contribution is 5.86. The van der Waals surface area contributed by atoms with Crippen LogP contribution >= 0.6 is 0 Å². The van der Waals surface area contributed by atoms with E-state index in [1.165, 1.54) is 0 Å². The molecule has 0 aliphatic carbocycles. The van der Waals surface area contributed by atoms with Gasteiger partial charge in [-0.25, -0.2) is 13.6 Å². The minimum absolute atomic E-state index is 0.0725. The van der Waals surface area contributed by atoms with Gasteiger partial charge in [0.25, 0.3) is 6.43 Å². The van der Waals surface area contributed by atoms with E-state index in [9.17, 15) is 18.4 Å². The Hall–Kier alpha value is -1.44. The number of hydrogen-bond acceptors (Lipinski definition) is 3. The summed E-state index contributed by atoms with van der Waals surface area (Å²) in [6.45, 7) is 2.23. The van der Waals surface area contributed by atoms with Crippen LogP contribution in [0.4, 0.5) is 13.6 Å². The molecule has 1 atom stereocenters. The van der Waals surface area contributed by atoms with Gasteiger partial charge in [-0.05, 0) is 12.3 Å². The first-order valence-electron chi connectivity index (χ1n) is 6.01. The van der Waals surface area contributed by atoms with Gasteiger partial charge in [0.1, 0.15) is 6.04 Å². The van der Waals surface area contributed by atoms with E-state index in [4.69, 9.17) is 10.8 Å². The number of carbonyl (C=O) groups is 2. The van der Waals surface area contributed by atoms with Gasteiger partial charge in [0.2, 0.25) is 5.91 Å². The topological polar surface area (TPSA) is 95.7 Å². The molecule has 0 aromatic rings. The van der Waals surface area contributed by atoms with Crippen molar-refractivity contribution >= 4 is 11.9 Å². The van der Waals surface area contributed by atoms with E-state index in [1.807, 2.05) is 13.8 Å². The smallest absolute Gasteiger partial charge is 0.312 e. The molecule has 0 rings (SSSR count). The number of primary amides is 1. The lowest BCUT2D eigenvalue weighted by Crippen LogP contribution is -2.52. The van der Waals surface area contributed by atoms with Crippen LogP contribution in [-0.2, 0) is 4.79 Å². The quantitative estimate of drug-likeness (QED) is 0.591. The normalized spacial score (nSPS) is 12.6. The molecule has 0 fully saturated rings. The molecule has 1 unspecified atom stereocenters. The van der Waals surface area contributed by atoms with Crippen LogP contribution in [0, 0.1) is 5.92 Å². The summed E-state index contributed by atoms with van der Waals surface area (Å²) in [5.74, 6) is -0.592. The lowest BCUT2D eigenvalue weighted by atomic mass is 10.0. The largest absolute Gasteiger partial charge is 0.395 e. The van der Waals surface area contributed by atoms with E-state index in [0.717, 1.165) is 4.90 Å². The Labute approximate surface area is 110 Å². The average molecular weight is 281 g/mol. The van der Waals surface area contributed by atoms with Crippen molar-refractivity contribution in [3.05, 3.63) is 0 Å². The molecule has 4 N–H and O–H groups in total. The molecule has 0 aliphatic rings. The SMILES string of the molecule is CC(C)CC(NC(N)=O)C(=O)N(CCO)CC(F)F. The first kappa shape index (κ1) is 17.6. The van der Waals surface area contributed by atoms with E-state index in [2.05, 4.69) is 5.32 Å². The molecule has 0 aromatic heterocycles. The third-order valence-electron chi connectivity index (χ3n) is 2.36. The summed E-state index contributed by atoms with van der Waals surface area (Å²) >= 11 is 0. The molecule has 0 aliphatic heterocycles. The second-order valence-corrected chi connectivity index (χ2v) is 4.59. The molecule has 112 valence electrons. The molecule has 0 saturated carbocycles. The molecule has 6 nitrogen and oxygen atoms in total. The number of nitrogens with one attached hydrogen (secondary N) is 1. The Morgan fingerprint density at radius 3 is 2.32 bits per heavy atom. The van der Waals surface area contributed by atoms with Gasteiger partial charge in [-0.1, -0.05) is 13.8 Å². The summed E-state index contributed by atoms with van der Waals surface area (Å²) in [5.41, 5.74) is 4.96. The number of aliphatic hydroxyl groups excluding tert-OH is 1. The highest BCUT2D eigenvalue weighted by atomic mass is 19.3. The summed E-state index contributed by atoms with van der Waals surface area (Å²) in [5, 5.41) is 11.0. The number of halogens is 2. The summed E-state index contributed by atoms with van der Waals surface area (Å²) in [4.78, 5) is 23.7. The molecule has 0 aromatic carbocycles. The highest BCUT2D eigenvalue weighted by Crippen LogP contribution is 2.09. The van der Waals surface area contributed by atoms with Gasteiger partial charge < -0.3 is 21.1 Å². The van der Waals surface area contributed by atoms with E-state index in [0.29, 0.717) is 0 Å². The Kier molecular flexibility index (Phi) is 7.97. The minimum Gasteiger partial charge on any atom is -0.395 e. The number of urea groups is 1. The lowest BCUT2D eigenvalue weighted by molar-refractivity contribution is -0.136. The van der Waals surface area contributed by atoms with Crippen LogP contribution in [0.15, 0.2) is 0 Å². The third-order valence-corrected chi connectivity index (χ3v) is 2.36. The van der Waals surface area contributed by atoms with Crippen LogP contribution < -0.4 is 11.1 Å². The zero-order valence-corrected chi connectivity index (χ0v) is 11.1. The summed E-state index contributed by atoms with van der Waals surface area (Å²) in [6, 6.07) is -1.84. The van der Waals surface area contributed by atoms with Crippen molar-refractivity contribution in [2.45, 2.75) is 32.7 Å². The van der Waals surface area contributed by atoms with Crippen molar-refractivity contribution in [2.75, 3.05) is 19.7 Å². The van der Waals surface area contributed by atoms with E-state index >= 15 is 0 Å². The number of rotatable bonds is 8. The molecule has 0 saturated heterocycles. The number of hydrogen-bond donors (Lipinski definition) is 3. The number of carbonyl (C=O) groups excluding carboxylic acids is 2. The molecular formula is C11H21F2N3O3. The average Bonchev–Trinajstić information content (AvgIpc) is 2.24. The van der Waals surface area contributed by atoms with Gasteiger partial charge in [-0.2, -0.15) is 0 Å². The maximum absolute atomic E-state index is 12.4. The number of nitrogens with zero attached hydrogens (tertiary/aromatic N) is 1. The van der Waals surface area contributed by atoms with Gasteiger partial charge in [0.15, 0.2) is 0 Å². The van der Waals surface area contributed by atoms with Gasteiger partial charge >= 0.3 is 6.03 Å². The van der Waals surface area contributed by atoms with Crippen molar-refractivity contribution in [3.8, 4) is 0 Å². The fraction of sp³-hybridized carbons (Fsp3) is 0.818. The van der Waals surface area contributed by atoms with Crippen LogP contribution in [0.5, 0.6) is 0 Å². The van der Waals surface area contributed by atoms with Crippen molar-refractivity contribution in [2.24, 2.45) is 11.7 Å². The molecule has 0 bridgehead atoms. The van der Waals surface area contributed by atoms with E-state index in [-0.39, 0.29) is 18.9 Å². The fourth-order valence-electron chi connectivity index (χ4n) is 1.66. The highest BCUT2D eigenvalue weighted by Gasteiger charge is 2.27. The predicted octanol–water partition coefficient (Wildman–Crippen LogP) is 0.155. The summed E-state index contributed by atoms with van der Waals surface area (Å²) < 4.78 is 24.7. The monoisotopic (exact) mass is 281 g/mol. The first-order chi connectivity index (χ1) is 8.77. The number of aliphatic hydroxyl groups is 1. The molecule has 0 spiro atoms. The molecule has 0 heterocycles. The Bertz CT molecular complexity index is 301. The first-order valence-corrected chi connectivity index (χ1v) is 6.01. The second-order valence-electron chi connectivity index (χ2n) is 4.59. The standard InChI is InChI=1S/C11H21F2N3O3/c1-7(2)5-8(15-11(14)19)10(18)16(3-4-17)6-9(12)13/h7-9,17H,3-6H2,1-2H3,(H3,14,15,19). The maximum atomic E-state index is 12.4. The van der Waals surface area contributed by atoms with Crippen molar-refractivity contribution in [3.63, 3.8) is 0 Å². The minimum atomic E-state index is -2.70. The summed E-state index contributed by atoms with van der Waals surface area (Å²) in [6.07, 6.45) is -2.42. The molecule has 8 heteroatoms. The van der Waals surface area contributed by atoms with E-state index in [1.54, 1.807) is 0 Å². The number of amides is 3. The zero-order chi connectivity index (χ0) is 15.0. The predicted molar refractivity (Wildman–Crippen MR) is 65.6 cm³/mol. The second kappa shape index (κ2) is 8.63. The zero-order valence-electron chi connectivity index (χ0n) is 11.1. The van der Waals surface area contributed by atoms with Gasteiger partial charge in [0, 0.05) is 6.54 Å². The van der Waals surface area contributed by atoms with Gasteiger partial charge in [0.05, 0.1) is 13.2 Å². The Morgan fingerprint density at radius 1 is 1.37 bits per heavy atom. The van der Waals surface area contributed by atoms with Crippen LogP contribution in [0.3, 0.4) is 0 Å². The van der Waals surface area contributed by atoms with Crippen molar-refractivity contribution in [1.29, 1.82) is 0 Å². The van der Waals surface area contributed by atoms with Crippen LogP contribution in [-0.4, -0.2) is 54.1 Å². The lowest BCUT2D eigenvalue weighted by Gasteiger charge is -2.27. The molecular weight excluding hydrogens is 260 g/mol. The Balaban J connectivity index is 4.83.